The number of methoxy groups -OCH3 is 1. The SMILES string of the molecule is CCC(C)CCC(C(C)C)N(C)c1nc(OC)nc2c(F)c(-c3ccc(F)c4sc(N)c(C#N)c34)c(C(F)(F)F)cc12. The third-order valence-corrected chi connectivity index (χ3v) is 8.86. The van der Waals surface area contributed by atoms with Gasteiger partial charge in [-0.25, -0.2) is 8.78 Å². The minimum absolute atomic E-state index is 0.0846. The van der Waals surface area contributed by atoms with Crippen LogP contribution in [-0.2, 0) is 6.18 Å². The van der Waals surface area contributed by atoms with Crippen LogP contribution in [0.15, 0.2) is 18.2 Å². The van der Waals surface area contributed by atoms with Gasteiger partial charge in [0.05, 0.1) is 22.9 Å². The summed E-state index contributed by atoms with van der Waals surface area (Å²) in [4.78, 5) is 10.3. The Morgan fingerprint density at radius 2 is 1.83 bits per heavy atom. The average Bonchev–Trinajstić information content (AvgIpc) is 3.28. The van der Waals surface area contributed by atoms with Crippen molar-refractivity contribution in [1.29, 1.82) is 5.26 Å². The number of ether oxygens (including phenoxy) is 1. The van der Waals surface area contributed by atoms with Gasteiger partial charge in [-0.1, -0.05) is 40.2 Å². The van der Waals surface area contributed by atoms with E-state index in [4.69, 9.17) is 10.5 Å². The second-order valence-corrected chi connectivity index (χ2v) is 11.9. The topological polar surface area (TPSA) is 88.1 Å². The number of nitriles is 1. The standard InChI is InChI=1S/C30H32F5N5OS/c1-7-15(4)8-11-21(14(2)3)40(5)28-17-12-19(30(33,34)35)23(24(32)25(17)38-29(39-28)41-6)16-9-10-20(31)26-22(16)18(13-36)27(37)42-26/h9-10,12,14-15,21H,7-8,11,37H2,1-6H3. The van der Waals surface area contributed by atoms with E-state index in [1.54, 1.807) is 11.9 Å². The molecule has 0 amide bonds. The van der Waals surface area contributed by atoms with Crippen LogP contribution >= 0.6 is 11.3 Å². The Labute approximate surface area is 244 Å². The van der Waals surface area contributed by atoms with E-state index in [2.05, 4.69) is 23.8 Å². The maximum absolute atomic E-state index is 16.6. The minimum Gasteiger partial charge on any atom is -0.467 e. The zero-order chi connectivity index (χ0) is 31.1. The van der Waals surface area contributed by atoms with E-state index in [0.717, 1.165) is 37.5 Å². The molecule has 6 nitrogen and oxygen atoms in total. The molecule has 12 heteroatoms. The number of hydrogen-bond acceptors (Lipinski definition) is 7. The highest BCUT2D eigenvalue weighted by Gasteiger charge is 2.38. The van der Waals surface area contributed by atoms with E-state index in [1.165, 1.54) is 7.11 Å². The highest BCUT2D eigenvalue weighted by atomic mass is 32.1. The van der Waals surface area contributed by atoms with Crippen molar-refractivity contribution >= 4 is 43.1 Å². The number of nitrogen functional groups attached to an aromatic ring is 1. The number of halogens is 5. The van der Waals surface area contributed by atoms with Crippen LogP contribution in [0.3, 0.4) is 0 Å². The van der Waals surface area contributed by atoms with Gasteiger partial charge in [0.25, 0.3) is 0 Å². The highest BCUT2D eigenvalue weighted by molar-refractivity contribution is 7.23. The largest absolute Gasteiger partial charge is 0.467 e. The maximum Gasteiger partial charge on any atom is 0.417 e. The molecule has 0 spiro atoms. The number of hydrogen-bond donors (Lipinski definition) is 1. The molecule has 0 aliphatic rings. The van der Waals surface area contributed by atoms with Crippen molar-refractivity contribution in [2.24, 2.45) is 11.8 Å². The first-order valence-corrected chi connectivity index (χ1v) is 14.4. The minimum atomic E-state index is -5.02. The summed E-state index contributed by atoms with van der Waals surface area (Å²) < 4.78 is 80.5. The first-order valence-electron chi connectivity index (χ1n) is 13.5. The number of thiophene rings is 1. The molecule has 2 atom stereocenters. The molecule has 4 rings (SSSR count). The number of aromatic nitrogens is 2. The number of benzene rings is 2. The van der Waals surface area contributed by atoms with Gasteiger partial charge >= 0.3 is 12.2 Å². The fraction of sp³-hybridized carbons (Fsp3) is 0.433. The fourth-order valence-corrected chi connectivity index (χ4v) is 6.29. The summed E-state index contributed by atoms with van der Waals surface area (Å²) in [5.41, 5.74) is 2.80. The zero-order valence-electron chi connectivity index (χ0n) is 24.2. The molecular formula is C30H32F5N5OS. The summed E-state index contributed by atoms with van der Waals surface area (Å²) in [6, 6.07) is 4.26. The molecule has 4 aromatic rings. The molecular weight excluding hydrogens is 573 g/mol. The van der Waals surface area contributed by atoms with Gasteiger partial charge in [0.15, 0.2) is 5.82 Å². The van der Waals surface area contributed by atoms with Crippen LogP contribution in [-0.4, -0.2) is 30.2 Å². The van der Waals surface area contributed by atoms with Crippen molar-refractivity contribution in [1.82, 2.24) is 9.97 Å². The van der Waals surface area contributed by atoms with E-state index >= 15 is 4.39 Å². The molecule has 0 saturated heterocycles. The van der Waals surface area contributed by atoms with Gasteiger partial charge in [-0.05, 0) is 42.4 Å². The van der Waals surface area contributed by atoms with Gasteiger partial charge in [-0.2, -0.15) is 28.4 Å². The molecule has 2 unspecified atom stereocenters. The predicted octanol–water partition coefficient (Wildman–Crippen LogP) is 8.56. The zero-order valence-corrected chi connectivity index (χ0v) is 25.0. The van der Waals surface area contributed by atoms with Crippen LogP contribution in [0.1, 0.15) is 58.1 Å². The smallest absolute Gasteiger partial charge is 0.417 e. The lowest BCUT2D eigenvalue weighted by atomic mass is 9.91. The molecule has 0 fully saturated rings. The third kappa shape index (κ3) is 5.54. The summed E-state index contributed by atoms with van der Waals surface area (Å²) in [6.07, 6.45) is -2.40. The Morgan fingerprint density at radius 3 is 2.40 bits per heavy atom. The second kappa shape index (κ2) is 11.9. The number of alkyl halides is 3. The predicted molar refractivity (Wildman–Crippen MR) is 157 cm³/mol. The van der Waals surface area contributed by atoms with Crippen molar-refractivity contribution in [2.75, 3.05) is 24.8 Å². The van der Waals surface area contributed by atoms with Gasteiger partial charge in [0.2, 0.25) is 0 Å². The van der Waals surface area contributed by atoms with Crippen LogP contribution < -0.4 is 15.4 Å². The molecule has 224 valence electrons. The first-order chi connectivity index (χ1) is 19.7. The molecule has 42 heavy (non-hydrogen) atoms. The monoisotopic (exact) mass is 605 g/mol. The lowest BCUT2D eigenvalue weighted by Gasteiger charge is -2.34. The van der Waals surface area contributed by atoms with Crippen molar-refractivity contribution < 1.29 is 26.7 Å². The van der Waals surface area contributed by atoms with Crippen LogP contribution in [0.25, 0.3) is 32.1 Å². The Morgan fingerprint density at radius 1 is 1.14 bits per heavy atom. The summed E-state index contributed by atoms with van der Waals surface area (Å²) >= 11 is 0.712. The normalized spacial score (nSPS) is 13.5. The number of nitrogens with two attached hydrogens (primary N) is 1. The van der Waals surface area contributed by atoms with Crippen molar-refractivity contribution in [3.05, 3.63) is 41.0 Å². The summed E-state index contributed by atoms with van der Waals surface area (Å²) in [7, 11) is 3.01. The summed E-state index contributed by atoms with van der Waals surface area (Å²) in [6.45, 7) is 8.26. The van der Waals surface area contributed by atoms with Crippen LogP contribution in [0.5, 0.6) is 6.01 Å². The number of rotatable bonds is 9. The number of nitrogens with zero attached hydrogens (tertiary/aromatic N) is 4. The lowest BCUT2D eigenvalue weighted by Crippen LogP contribution is -2.37. The first kappa shape index (κ1) is 31.2. The van der Waals surface area contributed by atoms with Gasteiger partial charge < -0.3 is 15.4 Å². The van der Waals surface area contributed by atoms with Crippen LogP contribution in [0.2, 0.25) is 0 Å². The maximum atomic E-state index is 16.6. The molecule has 0 bridgehead atoms. The number of anilines is 2. The van der Waals surface area contributed by atoms with Crippen LogP contribution in [0, 0.1) is 34.8 Å². The molecule has 0 saturated carbocycles. The highest BCUT2D eigenvalue weighted by Crippen LogP contribution is 2.48. The Hall–Kier alpha value is -3.72. The van der Waals surface area contributed by atoms with Crippen molar-refractivity contribution in [2.45, 2.75) is 59.2 Å². The number of fused-ring (bicyclic) bond motifs is 2. The lowest BCUT2D eigenvalue weighted by molar-refractivity contribution is -0.137. The van der Waals surface area contributed by atoms with E-state index in [-0.39, 0.29) is 55.4 Å². The average molecular weight is 606 g/mol. The van der Waals surface area contributed by atoms with Crippen molar-refractivity contribution in [3.8, 4) is 23.2 Å². The molecule has 0 aliphatic carbocycles. The molecule has 2 N–H and O–H groups in total. The van der Waals surface area contributed by atoms with Crippen molar-refractivity contribution in [3.63, 3.8) is 0 Å². The molecule has 0 radical (unpaired) electrons. The van der Waals surface area contributed by atoms with Gasteiger partial charge in [0.1, 0.15) is 28.2 Å². The molecule has 2 aromatic carbocycles. The van der Waals surface area contributed by atoms with E-state index in [1.807, 2.05) is 19.9 Å². The molecule has 2 aromatic heterocycles. The van der Waals surface area contributed by atoms with E-state index in [0.29, 0.717) is 17.3 Å². The summed E-state index contributed by atoms with van der Waals surface area (Å²) in [5.74, 6) is -1.44. The molecule has 0 aliphatic heterocycles. The fourth-order valence-electron chi connectivity index (χ4n) is 5.34. The van der Waals surface area contributed by atoms with Gasteiger partial charge in [0, 0.05) is 29.4 Å². The third-order valence-electron chi connectivity index (χ3n) is 7.83. The van der Waals surface area contributed by atoms with Gasteiger partial charge in [-0.3, -0.25) is 0 Å². The summed E-state index contributed by atoms with van der Waals surface area (Å²) in [5, 5.41) is 9.27. The Kier molecular flexibility index (Phi) is 8.83. The molecule has 2 heterocycles. The second-order valence-electron chi connectivity index (χ2n) is 10.8. The Bertz CT molecular complexity index is 1680. The quantitative estimate of drug-likeness (QED) is 0.192. The van der Waals surface area contributed by atoms with E-state index in [9.17, 15) is 22.8 Å². The van der Waals surface area contributed by atoms with E-state index < -0.39 is 34.5 Å². The Balaban J connectivity index is 2.08. The van der Waals surface area contributed by atoms with Gasteiger partial charge in [-0.15, -0.1) is 11.3 Å². The van der Waals surface area contributed by atoms with Crippen LogP contribution in [0.4, 0.5) is 32.8 Å².